The number of aliphatic hydroxyl groups is 1. The number of aliphatic hydroxyl groups excluding tert-OH is 1. The van der Waals surface area contributed by atoms with Crippen molar-refractivity contribution in [3.05, 3.63) is 11.4 Å². The summed E-state index contributed by atoms with van der Waals surface area (Å²) in [5.41, 5.74) is 0.481. The minimum atomic E-state index is -3.85. The maximum atomic E-state index is 12.3. The molecular formula is C11H19N3O5S. The average molecular weight is 305 g/mol. The van der Waals surface area contributed by atoms with Gasteiger partial charge in [0.1, 0.15) is 11.4 Å². The second kappa shape index (κ2) is 6.33. The van der Waals surface area contributed by atoms with Gasteiger partial charge in [-0.05, 0) is 20.3 Å². The van der Waals surface area contributed by atoms with Gasteiger partial charge in [-0.1, -0.05) is 6.92 Å². The molecule has 0 spiro atoms. The van der Waals surface area contributed by atoms with Crippen LogP contribution >= 0.6 is 0 Å². The summed E-state index contributed by atoms with van der Waals surface area (Å²) in [6, 6.07) is -0.582. The maximum Gasteiger partial charge on any atom is 0.325 e. The zero-order chi connectivity index (χ0) is 15.5. The van der Waals surface area contributed by atoms with Gasteiger partial charge in [-0.2, -0.15) is 5.10 Å². The highest BCUT2D eigenvalue weighted by atomic mass is 32.2. The number of hydrogen-bond donors (Lipinski definition) is 3. The Kier molecular flexibility index (Phi) is 5.26. The lowest BCUT2D eigenvalue weighted by Crippen LogP contribution is -2.37. The average Bonchev–Trinajstić information content (AvgIpc) is 2.61. The Hall–Kier alpha value is -1.45. The molecule has 0 aliphatic heterocycles. The molecule has 0 aliphatic carbocycles. The number of carboxylic acid groups (broad SMARTS) is 1. The van der Waals surface area contributed by atoms with E-state index in [-0.39, 0.29) is 22.9 Å². The van der Waals surface area contributed by atoms with Gasteiger partial charge < -0.3 is 10.2 Å². The molecule has 1 rings (SSSR count). The van der Waals surface area contributed by atoms with Crippen molar-refractivity contribution < 1.29 is 23.4 Å². The van der Waals surface area contributed by atoms with Crippen LogP contribution in [0.3, 0.4) is 0 Å². The lowest BCUT2D eigenvalue weighted by molar-refractivity contribution is -0.137. The Morgan fingerprint density at radius 3 is 2.50 bits per heavy atom. The number of carbonyl (C=O) groups is 1. The fourth-order valence-corrected chi connectivity index (χ4v) is 3.60. The maximum absolute atomic E-state index is 12.3. The van der Waals surface area contributed by atoms with E-state index in [1.165, 1.54) is 13.8 Å². The monoisotopic (exact) mass is 305 g/mol. The van der Waals surface area contributed by atoms with Crippen molar-refractivity contribution in [1.29, 1.82) is 0 Å². The van der Waals surface area contributed by atoms with E-state index in [2.05, 4.69) is 9.82 Å². The summed E-state index contributed by atoms with van der Waals surface area (Å²) in [7, 11) is -3.85. The van der Waals surface area contributed by atoms with E-state index in [4.69, 9.17) is 10.2 Å². The molecule has 1 aromatic heterocycles. The third-order valence-electron chi connectivity index (χ3n) is 2.90. The number of hydrogen-bond acceptors (Lipinski definition) is 5. The largest absolute Gasteiger partial charge is 0.480 e. The predicted molar refractivity (Wildman–Crippen MR) is 70.8 cm³/mol. The second-order valence-electron chi connectivity index (χ2n) is 4.46. The van der Waals surface area contributed by atoms with Crippen molar-refractivity contribution >= 4 is 16.0 Å². The Morgan fingerprint density at radius 2 is 2.05 bits per heavy atom. The van der Waals surface area contributed by atoms with Crippen LogP contribution in [0.25, 0.3) is 0 Å². The quantitative estimate of drug-likeness (QED) is 0.632. The van der Waals surface area contributed by atoms with Crippen LogP contribution in [0.4, 0.5) is 0 Å². The van der Waals surface area contributed by atoms with E-state index in [1.54, 1.807) is 6.92 Å². The van der Waals surface area contributed by atoms with Crippen LogP contribution in [0.2, 0.25) is 0 Å². The molecule has 1 aromatic rings. The lowest BCUT2D eigenvalue weighted by atomic mass is 10.3. The van der Waals surface area contributed by atoms with Crippen LogP contribution in [0.5, 0.6) is 0 Å². The van der Waals surface area contributed by atoms with Gasteiger partial charge in [-0.25, -0.2) is 13.1 Å². The summed E-state index contributed by atoms with van der Waals surface area (Å²) >= 11 is 0. The van der Waals surface area contributed by atoms with Gasteiger partial charge in [0, 0.05) is 6.04 Å². The molecule has 1 heterocycles. The first-order valence-corrected chi connectivity index (χ1v) is 7.60. The Bertz CT molecular complexity index is 589. The fourth-order valence-electron chi connectivity index (χ4n) is 1.88. The Balaban J connectivity index is 3.18. The first kappa shape index (κ1) is 16.6. The molecule has 0 fully saturated rings. The van der Waals surface area contributed by atoms with Crippen LogP contribution in [0, 0.1) is 13.8 Å². The summed E-state index contributed by atoms with van der Waals surface area (Å²) in [5.74, 6) is -1.10. The highest BCUT2D eigenvalue weighted by Gasteiger charge is 2.27. The van der Waals surface area contributed by atoms with Crippen LogP contribution in [0.15, 0.2) is 4.90 Å². The Morgan fingerprint density at radius 1 is 1.45 bits per heavy atom. The molecule has 3 N–H and O–H groups in total. The summed E-state index contributed by atoms with van der Waals surface area (Å²) < 4.78 is 28.1. The number of aromatic nitrogens is 2. The molecular weight excluding hydrogens is 286 g/mol. The molecule has 0 bridgehead atoms. The Labute approximate surface area is 117 Å². The standard InChI is InChI=1S/C11H19N3O5S/c1-4-9(6-15)13-20(18,19)11-7(2)12-14(8(11)3)5-10(16)17/h9,13,15H,4-6H2,1-3H3,(H,16,17)/t9-/m1/s1. The fraction of sp³-hybridized carbons (Fsp3) is 0.636. The predicted octanol–water partition coefficient (Wildman–Crippen LogP) is -0.366. The van der Waals surface area contributed by atoms with Gasteiger partial charge in [-0.3, -0.25) is 9.48 Å². The number of nitrogens with one attached hydrogen (secondary N) is 1. The summed E-state index contributed by atoms with van der Waals surface area (Å²) in [4.78, 5) is 10.7. The molecule has 0 saturated heterocycles. The van der Waals surface area contributed by atoms with Gasteiger partial charge >= 0.3 is 5.97 Å². The molecule has 1 atom stereocenters. The zero-order valence-electron chi connectivity index (χ0n) is 11.6. The van der Waals surface area contributed by atoms with E-state index in [1.807, 2.05) is 0 Å². The van der Waals surface area contributed by atoms with Crippen molar-refractivity contribution in [3.63, 3.8) is 0 Å². The number of sulfonamides is 1. The number of aliphatic carboxylic acids is 1. The van der Waals surface area contributed by atoms with Crippen LogP contribution in [0.1, 0.15) is 24.7 Å². The van der Waals surface area contributed by atoms with E-state index < -0.39 is 28.6 Å². The van der Waals surface area contributed by atoms with E-state index in [0.29, 0.717) is 6.42 Å². The lowest BCUT2D eigenvalue weighted by Gasteiger charge is -2.14. The van der Waals surface area contributed by atoms with Crippen LogP contribution < -0.4 is 4.72 Å². The highest BCUT2D eigenvalue weighted by Crippen LogP contribution is 2.19. The topological polar surface area (TPSA) is 122 Å². The van der Waals surface area contributed by atoms with Gasteiger partial charge in [-0.15, -0.1) is 0 Å². The smallest absolute Gasteiger partial charge is 0.325 e. The summed E-state index contributed by atoms with van der Waals surface area (Å²) in [5, 5.41) is 21.8. The number of nitrogens with zero attached hydrogens (tertiary/aromatic N) is 2. The molecule has 0 radical (unpaired) electrons. The molecule has 0 saturated carbocycles. The van der Waals surface area contributed by atoms with Gasteiger partial charge in [0.05, 0.1) is 18.0 Å². The van der Waals surface area contributed by atoms with Gasteiger partial charge in [0.15, 0.2) is 0 Å². The first-order valence-electron chi connectivity index (χ1n) is 6.11. The number of aryl methyl sites for hydroxylation is 1. The van der Waals surface area contributed by atoms with Crippen molar-refractivity contribution in [1.82, 2.24) is 14.5 Å². The van der Waals surface area contributed by atoms with Gasteiger partial charge in [0.25, 0.3) is 0 Å². The van der Waals surface area contributed by atoms with E-state index in [0.717, 1.165) is 4.68 Å². The van der Waals surface area contributed by atoms with Crippen molar-refractivity contribution in [2.24, 2.45) is 0 Å². The number of rotatable bonds is 7. The van der Waals surface area contributed by atoms with E-state index in [9.17, 15) is 13.2 Å². The normalized spacial score (nSPS) is 13.4. The minimum Gasteiger partial charge on any atom is -0.480 e. The van der Waals surface area contributed by atoms with Crippen molar-refractivity contribution in [2.45, 2.75) is 44.7 Å². The summed E-state index contributed by atoms with van der Waals surface area (Å²) in [6.45, 7) is 4.03. The zero-order valence-corrected chi connectivity index (χ0v) is 12.4. The van der Waals surface area contributed by atoms with Crippen molar-refractivity contribution in [2.75, 3.05) is 6.61 Å². The molecule has 0 aromatic carbocycles. The van der Waals surface area contributed by atoms with Crippen LogP contribution in [-0.2, 0) is 21.4 Å². The minimum absolute atomic E-state index is 0.0364. The summed E-state index contributed by atoms with van der Waals surface area (Å²) in [6.07, 6.45) is 0.442. The van der Waals surface area contributed by atoms with Crippen LogP contribution in [-0.4, -0.2) is 47.0 Å². The highest BCUT2D eigenvalue weighted by molar-refractivity contribution is 7.89. The third kappa shape index (κ3) is 3.56. The molecule has 8 nitrogen and oxygen atoms in total. The number of carboxylic acids is 1. The molecule has 0 unspecified atom stereocenters. The van der Waals surface area contributed by atoms with E-state index >= 15 is 0 Å². The molecule has 114 valence electrons. The molecule has 0 aliphatic rings. The SMILES string of the molecule is CC[C@H](CO)NS(=O)(=O)c1c(C)nn(CC(=O)O)c1C. The van der Waals surface area contributed by atoms with Gasteiger partial charge in [0.2, 0.25) is 10.0 Å². The molecule has 0 amide bonds. The molecule has 20 heavy (non-hydrogen) atoms. The molecule has 9 heteroatoms. The van der Waals surface area contributed by atoms with Crippen molar-refractivity contribution in [3.8, 4) is 0 Å². The first-order chi connectivity index (χ1) is 9.22. The third-order valence-corrected chi connectivity index (χ3v) is 4.68. The second-order valence-corrected chi connectivity index (χ2v) is 6.11.